The van der Waals surface area contributed by atoms with Crippen LogP contribution in [0.1, 0.15) is 33.3 Å². The topological polar surface area (TPSA) is 26.3 Å². The lowest BCUT2D eigenvalue weighted by molar-refractivity contribution is -0.106. The summed E-state index contributed by atoms with van der Waals surface area (Å²) < 4.78 is 5.17. The molecule has 0 bridgehead atoms. The minimum absolute atomic E-state index is 0.207. The van der Waals surface area contributed by atoms with Gasteiger partial charge >= 0.3 is 0 Å². The maximum Gasteiger partial charge on any atom is 0.118 e. The Morgan fingerprint density at radius 2 is 1.24 bits per heavy atom. The number of methoxy groups -OCH3 is 1. The van der Waals surface area contributed by atoms with Gasteiger partial charge in [0.25, 0.3) is 0 Å². The quantitative estimate of drug-likeness (QED) is 0.736. The van der Waals surface area contributed by atoms with Gasteiger partial charge in [-0.15, -0.1) is 0 Å². The summed E-state index contributed by atoms with van der Waals surface area (Å²) in [4.78, 5) is 8.81. The van der Waals surface area contributed by atoms with Crippen LogP contribution in [0.15, 0.2) is 48.5 Å². The van der Waals surface area contributed by atoms with Crippen LogP contribution in [0, 0.1) is 0 Å². The fourth-order valence-corrected chi connectivity index (χ4v) is 1.95. The molecule has 0 N–H and O–H groups in total. The zero-order valence-corrected chi connectivity index (χ0v) is 13.5. The molecule has 2 aromatic rings. The summed E-state index contributed by atoms with van der Waals surface area (Å²) in [5.41, 5.74) is 4.03. The summed E-state index contributed by atoms with van der Waals surface area (Å²) in [7, 11) is 1.69. The highest BCUT2D eigenvalue weighted by Gasteiger charge is 2.12. The van der Waals surface area contributed by atoms with Crippen LogP contribution in [-0.4, -0.2) is 13.4 Å². The van der Waals surface area contributed by atoms with Crippen molar-refractivity contribution in [2.75, 3.05) is 7.11 Å². The molecule has 2 aromatic carbocycles. The summed E-state index contributed by atoms with van der Waals surface area (Å²) in [6, 6.07) is 16.9. The first-order chi connectivity index (χ1) is 9.92. The molecule has 2 rings (SSSR count). The van der Waals surface area contributed by atoms with E-state index in [1.54, 1.807) is 7.11 Å². The predicted molar refractivity (Wildman–Crippen MR) is 88.9 cm³/mol. The number of carbonyl (C=O) groups is 1. The molecule has 2 heteroatoms. The second kappa shape index (κ2) is 7.63. The molecular formula is C19H24O2. The SMILES string of the molecule is CC=O.COc1ccc(-c2ccc(C(C)(C)C)cc2)cc1. The number of hydrogen-bond acceptors (Lipinski definition) is 2. The monoisotopic (exact) mass is 284 g/mol. The molecule has 0 heterocycles. The van der Waals surface area contributed by atoms with E-state index in [9.17, 15) is 0 Å². The average molecular weight is 284 g/mol. The van der Waals surface area contributed by atoms with Crippen molar-refractivity contribution in [2.24, 2.45) is 0 Å². The minimum atomic E-state index is 0.207. The summed E-state index contributed by atoms with van der Waals surface area (Å²) in [6.45, 7) is 8.14. The molecule has 0 aromatic heterocycles. The highest BCUT2D eigenvalue weighted by molar-refractivity contribution is 5.64. The van der Waals surface area contributed by atoms with Crippen LogP contribution < -0.4 is 4.74 Å². The van der Waals surface area contributed by atoms with Crippen molar-refractivity contribution in [1.29, 1.82) is 0 Å². The number of aldehydes is 1. The standard InChI is InChI=1S/C17H20O.C2H4O/c1-17(2,3)15-9-5-13(6-10-15)14-7-11-16(18-4)12-8-14;1-2-3/h5-12H,1-4H3;2H,1H3. The van der Waals surface area contributed by atoms with E-state index in [-0.39, 0.29) is 5.41 Å². The van der Waals surface area contributed by atoms with Gasteiger partial charge in [-0.25, -0.2) is 0 Å². The predicted octanol–water partition coefficient (Wildman–Crippen LogP) is 4.86. The number of hydrogen-bond donors (Lipinski definition) is 0. The Balaban J connectivity index is 0.000000677. The van der Waals surface area contributed by atoms with Crippen molar-refractivity contribution in [2.45, 2.75) is 33.1 Å². The Kier molecular flexibility index (Phi) is 6.16. The Morgan fingerprint density at radius 1 is 0.857 bits per heavy atom. The minimum Gasteiger partial charge on any atom is -0.497 e. The van der Waals surface area contributed by atoms with Crippen LogP contribution in [0.5, 0.6) is 5.75 Å². The van der Waals surface area contributed by atoms with Gasteiger partial charge in [-0.3, -0.25) is 0 Å². The van der Waals surface area contributed by atoms with Crippen LogP contribution >= 0.6 is 0 Å². The van der Waals surface area contributed by atoms with E-state index < -0.39 is 0 Å². The second-order valence-corrected chi connectivity index (χ2v) is 5.79. The van der Waals surface area contributed by atoms with Crippen molar-refractivity contribution in [3.8, 4) is 16.9 Å². The van der Waals surface area contributed by atoms with E-state index in [0.717, 1.165) is 12.0 Å². The third kappa shape index (κ3) is 5.07. The van der Waals surface area contributed by atoms with E-state index in [0.29, 0.717) is 0 Å². The summed E-state index contributed by atoms with van der Waals surface area (Å²) in [6.07, 6.45) is 0.750. The van der Waals surface area contributed by atoms with Gasteiger partial charge in [-0.2, -0.15) is 0 Å². The number of rotatable bonds is 2. The van der Waals surface area contributed by atoms with E-state index in [1.807, 2.05) is 12.1 Å². The molecular weight excluding hydrogens is 260 g/mol. The largest absolute Gasteiger partial charge is 0.497 e. The zero-order valence-electron chi connectivity index (χ0n) is 13.5. The molecule has 0 radical (unpaired) electrons. The molecule has 0 saturated heterocycles. The van der Waals surface area contributed by atoms with Crippen LogP contribution in [-0.2, 0) is 10.2 Å². The van der Waals surface area contributed by atoms with Gasteiger partial charge in [0.2, 0.25) is 0 Å². The first-order valence-corrected chi connectivity index (χ1v) is 7.07. The third-order valence-corrected chi connectivity index (χ3v) is 3.17. The van der Waals surface area contributed by atoms with Gasteiger partial charge in [0.15, 0.2) is 0 Å². The molecule has 0 aliphatic heterocycles. The lowest BCUT2D eigenvalue weighted by atomic mass is 9.86. The van der Waals surface area contributed by atoms with E-state index in [4.69, 9.17) is 9.53 Å². The molecule has 0 fully saturated rings. The van der Waals surface area contributed by atoms with Crippen LogP contribution in [0.4, 0.5) is 0 Å². The van der Waals surface area contributed by atoms with Crippen molar-refractivity contribution in [1.82, 2.24) is 0 Å². The van der Waals surface area contributed by atoms with Crippen molar-refractivity contribution in [3.63, 3.8) is 0 Å². The van der Waals surface area contributed by atoms with Gasteiger partial charge in [0, 0.05) is 0 Å². The van der Waals surface area contributed by atoms with Crippen molar-refractivity contribution < 1.29 is 9.53 Å². The zero-order chi connectivity index (χ0) is 15.9. The molecule has 0 spiro atoms. The fourth-order valence-electron chi connectivity index (χ4n) is 1.95. The second-order valence-electron chi connectivity index (χ2n) is 5.79. The van der Waals surface area contributed by atoms with Crippen molar-refractivity contribution in [3.05, 3.63) is 54.1 Å². The Labute approximate surface area is 127 Å². The third-order valence-electron chi connectivity index (χ3n) is 3.17. The summed E-state index contributed by atoms with van der Waals surface area (Å²) in [5, 5.41) is 0. The van der Waals surface area contributed by atoms with Gasteiger partial charge in [0.1, 0.15) is 12.0 Å². The average Bonchev–Trinajstić information content (AvgIpc) is 2.47. The lowest BCUT2D eigenvalue weighted by Crippen LogP contribution is -2.10. The molecule has 0 aliphatic carbocycles. The van der Waals surface area contributed by atoms with E-state index >= 15 is 0 Å². The molecule has 0 amide bonds. The van der Waals surface area contributed by atoms with Gasteiger partial charge in [-0.05, 0) is 41.2 Å². The molecule has 112 valence electrons. The van der Waals surface area contributed by atoms with Crippen molar-refractivity contribution >= 4 is 6.29 Å². The first-order valence-electron chi connectivity index (χ1n) is 7.07. The maximum absolute atomic E-state index is 8.81. The summed E-state index contributed by atoms with van der Waals surface area (Å²) in [5.74, 6) is 0.894. The molecule has 0 saturated carbocycles. The Bertz CT molecular complexity index is 546. The summed E-state index contributed by atoms with van der Waals surface area (Å²) >= 11 is 0. The number of benzene rings is 2. The Hall–Kier alpha value is -2.09. The molecule has 2 nitrogen and oxygen atoms in total. The highest BCUT2D eigenvalue weighted by atomic mass is 16.5. The normalized spacial score (nSPS) is 10.3. The Morgan fingerprint density at radius 3 is 1.57 bits per heavy atom. The van der Waals surface area contributed by atoms with Crippen LogP contribution in [0.3, 0.4) is 0 Å². The molecule has 0 unspecified atom stereocenters. The fraction of sp³-hybridized carbons (Fsp3) is 0.316. The van der Waals surface area contributed by atoms with Crippen LogP contribution in [0.25, 0.3) is 11.1 Å². The van der Waals surface area contributed by atoms with Gasteiger partial charge < -0.3 is 9.53 Å². The van der Waals surface area contributed by atoms with Crippen LogP contribution in [0.2, 0.25) is 0 Å². The van der Waals surface area contributed by atoms with Gasteiger partial charge in [-0.1, -0.05) is 57.2 Å². The smallest absolute Gasteiger partial charge is 0.118 e. The first kappa shape index (κ1) is 17.0. The number of ether oxygens (including phenoxy) is 1. The molecule has 21 heavy (non-hydrogen) atoms. The van der Waals surface area contributed by atoms with E-state index in [1.165, 1.54) is 23.6 Å². The highest BCUT2D eigenvalue weighted by Crippen LogP contribution is 2.27. The van der Waals surface area contributed by atoms with E-state index in [2.05, 4.69) is 57.2 Å². The maximum atomic E-state index is 8.81. The molecule has 0 aliphatic rings. The number of carbonyl (C=O) groups excluding carboxylic acids is 1. The molecule has 0 atom stereocenters. The lowest BCUT2D eigenvalue weighted by Gasteiger charge is -2.19. The van der Waals surface area contributed by atoms with Gasteiger partial charge in [0.05, 0.1) is 7.11 Å².